The summed E-state index contributed by atoms with van der Waals surface area (Å²) in [5.41, 5.74) is 2.17. The molecular weight excluding hydrogens is 362 g/mol. The highest BCUT2D eigenvalue weighted by Crippen LogP contribution is 2.18. The van der Waals surface area contributed by atoms with Crippen molar-refractivity contribution in [1.82, 2.24) is 14.8 Å². The van der Waals surface area contributed by atoms with Gasteiger partial charge in [-0.3, -0.25) is 4.79 Å². The van der Waals surface area contributed by atoms with Gasteiger partial charge < -0.3 is 19.5 Å². The smallest absolute Gasteiger partial charge is 0.236 e. The second-order valence-electron chi connectivity index (χ2n) is 7.06. The van der Waals surface area contributed by atoms with E-state index < -0.39 is 0 Å². The van der Waals surface area contributed by atoms with E-state index in [1.54, 1.807) is 7.11 Å². The normalized spacial score (nSPS) is 11.1. The van der Waals surface area contributed by atoms with Gasteiger partial charge in [0.2, 0.25) is 5.91 Å². The van der Waals surface area contributed by atoms with E-state index in [0.717, 1.165) is 22.8 Å². The predicted octanol–water partition coefficient (Wildman–Crippen LogP) is 3.41. The summed E-state index contributed by atoms with van der Waals surface area (Å²) in [6.07, 6.45) is 2.04. The van der Waals surface area contributed by atoms with Gasteiger partial charge >= 0.3 is 0 Å². The zero-order chi connectivity index (χ0) is 19.6. The van der Waals surface area contributed by atoms with Gasteiger partial charge in [-0.15, -0.1) is 0 Å². The molecule has 0 aliphatic rings. The molecule has 0 aliphatic heterocycles. The number of aromatic nitrogens is 1. The van der Waals surface area contributed by atoms with Crippen LogP contribution >= 0.6 is 11.6 Å². The van der Waals surface area contributed by atoms with Gasteiger partial charge in [0.15, 0.2) is 0 Å². The minimum Gasteiger partial charge on any atom is -0.383 e. The second kappa shape index (κ2) is 11.1. The number of methoxy groups -OCH3 is 1. The van der Waals surface area contributed by atoms with Crippen LogP contribution in [0.2, 0.25) is 5.02 Å². The van der Waals surface area contributed by atoms with Gasteiger partial charge in [0.25, 0.3) is 0 Å². The third-order valence-corrected chi connectivity index (χ3v) is 4.64. The van der Waals surface area contributed by atoms with Gasteiger partial charge in [0.05, 0.1) is 19.7 Å². The number of nitrogens with one attached hydrogen (secondary N) is 1. The van der Waals surface area contributed by atoms with Gasteiger partial charge in [-0.2, -0.15) is 0 Å². The highest BCUT2D eigenvalue weighted by Gasteiger charge is 2.17. The Morgan fingerprint density at radius 3 is 2.74 bits per heavy atom. The molecule has 0 spiro atoms. The molecule has 1 amide bonds. The molecule has 0 saturated carbocycles. The average molecular weight is 392 g/mol. The molecule has 0 unspecified atom stereocenters. The number of ether oxygens (including phenoxy) is 1. The molecule has 1 heterocycles. The van der Waals surface area contributed by atoms with Crippen molar-refractivity contribution >= 4 is 17.5 Å². The Kier molecular flexibility index (Phi) is 8.85. The summed E-state index contributed by atoms with van der Waals surface area (Å²) in [6.45, 7) is 7.84. The van der Waals surface area contributed by atoms with Crippen LogP contribution in [0, 0.1) is 5.92 Å². The van der Waals surface area contributed by atoms with Gasteiger partial charge in [-0.25, -0.2) is 0 Å². The number of hydrogen-bond acceptors (Lipinski definition) is 3. The first-order valence-electron chi connectivity index (χ1n) is 9.36. The summed E-state index contributed by atoms with van der Waals surface area (Å²) in [6, 6.07) is 11.9. The molecule has 0 saturated heterocycles. The van der Waals surface area contributed by atoms with Crippen LogP contribution in [0.3, 0.4) is 0 Å². The Balaban J connectivity index is 2.05. The molecule has 1 aromatic heterocycles. The van der Waals surface area contributed by atoms with E-state index in [-0.39, 0.29) is 5.91 Å². The van der Waals surface area contributed by atoms with E-state index >= 15 is 0 Å². The van der Waals surface area contributed by atoms with Crippen LogP contribution in [-0.4, -0.2) is 48.7 Å². The van der Waals surface area contributed by atoms with Crippen molar-refractivity contribution < 1.29 is 9.53 Å². The maximum atomic E-state index is 12.7. The molecule has 5 nitrogen and oxygen atoms in total. The highest BCUT2D eigenvalue weighted by atomic mass is 35.5. The monoisotopic (exact) mass is 391 g/mol. The summed E-state index contributed by atoms with van der Waals surface area (Å²) in [4.78, 5) is 14.6. The second-order valence-corrected chi connectivity index (χ2v) is 7.46. The predicted molar refractivity (Wildman–Crippen MR) is 110 cm³/mol. The van der Waals surface area contributed by atoms with E-state index in [1.165, 1.54) is 0 Å². The Bertz CT molecular complexity index is 715. The number of carbonyl (C=O) groups excluding carboxylic acids is 1. The molecule has 0 fully saturated rings. The lowest BCUT2D eigenvalue weighted by Crippen LogP contribution is -2.40. The Labute approximate surface area is 167 Å². The first-order chi connectivity index (χ1) is 13.0. The summed E-state index contributed by atoms with van der Waals surface area (Å²) >= 11 is 6.31. The number of halogens is 1. The van der Waals surface area contributed by atoms with Crippen LogP contribution in [-0.2, 0) is 22.6 Å². The maximum absolute atomic E-state index is 12.7. The molecule has 0 radical (unpaired) electrons. The van der Waals surface area contributed by atoms with Crippen molar-refractivity contribution in [2.24, 2.45) is 5.92 Å². The van der Waals surface area contributed by atoms with Crippen molar-refractivity contribution in [3.63, 3.8) is 0 Å². The summed E-state index contributed by atoms with van der Waals surface area (Å²) in [5.74, 6) is 0.505. The van der Waals surface area contributed by atoms with Crippen LogP contribution in [0.5, 0.6) is 0 Å². The van der Waals surface area contributed by atoms with Crippen molar-refractivity contribution in [2.45, 2.75) is 26.9 Å². The van der Waals surface area contributed by atoms with E-state index in [2.05, 4.69) is 29.8 Å². The van der Waals surface area contributed by atoms with Gasteiger partial charge in [-0.1, -0.05) is 43.6 Å². The van der Waals surface area contributed by atoms with Crippen LogP contribution < -0.4 is 5.32 Å². The van der Waals surface area contributed by atoms with Gasteiger partial charge in [-0.05, 0) is 29.7 Å². The SMILES string of the molecule is COCCNCC(=O)N(Cc1cccn1Cc1ccccc1Cl)CC(C)C. The van der Waals surface area contributed by atoms with Crippen LogP contribution in [0.4, 0.5) is 0 Å². The molecular formula is C21H30ClN3O2. The Morgan fingerprint density at radius 1 is 1.26 bits per heavy atom. The van der Waals surface area contributed by atoms with E-state index in [4.69, 9.17) is 16.3 Å². The van der Waals surface area contributed by atoms with Crippen LogP contribution in [0.25, 0.3) is 0 Å². The minimum atomic E-state index is 0.102. The number of carbonyl (C=O) groups is 1. The Morgan fingerprint density at radius 2 is 2.04 bits per heavy atom. The highest BCUT2D eigenvalue weighted by molar-refractivity contribution is 6.31. The number of rotatable bonds is 11. The number of benzene rings is 1. The molecule has 0 atom stereocenters. The van der Waals surface area contributed by atoms with Crippen molar-refractivity contribution in [1.29, 1.82) is 0 Å². The molecule has 1 N–H and O–H groups in total. The number of hydrogen-bond donors (Lipinski definition) is 1. The topological polar surface area (TPSA) is 46.5 Å². The van der Waals surface area contributed by atoms with Gasteiger partial charge in [0.1, 0.15) is 0 Å². The van der Waals surface area contributed by atoms with Crippen LogP contribution in [0.1, 0.15) is 25.1 Å². The minimum absolute atomic E-state index is 0.102. The lowest BCUT2D eigenvalue weighted by molar-refractivity contribution is -0.131. The molecule has 1 aromatic carbocycles. The van der Waals surface area contributed by atoms with E-state index in [9.17, 15) is 4.79 Å². The molecule has 2 rings (SSSR count). The lowest BCUT2D eigenvalue weighted by atomic mass is 10.2. The van der Waals surface area contributed by atoms with Crippen molar-refractivity contribution in [3.05, 3.63) is 58.9 Å². The third-order valence-electron chi connectivity index (χ3n) is 4.27. The first kappa shape index (κ1) is 21.5. The first-order valence-corrected chi connectivity index (χ1v) is 9.74. The zero-order valence-corrected chi connectivity index (χ0v) is 17.2. The number of amides is 1. The molecule has 2 aromatic rings. The fourth-order valence-electron chi connectivity index (χ4n) is 2.93. The fraction of sp³-hybridized carbons (Fsp3) is 0.476. The average Bonchev–Trinajstić information content (AvgIpc) is 3.06. The zero-order valence-electron chi connectivity index (χ0n) is 16.5. The maximum Gasteiger partial charge on any atom is 0.236 e. The molecule has 0 aliphatic carbocycles. The van der Waals surface area contributed by atoms with Crippen LogP contribution in [0.15, 0.2) is 42.6 Å². The van der Waals surface area contributed by atoms with E-state index in [0.29, 0.717) is 38.7 Å². The third kappa shape index (κ3) is 7.01. The summed E-state index contributed by atoms with van der Waals surface area (Å²) in [7, 11) is 1.65. The standard InChI is InChI=1S/C21H30ClN3O2/c1-17(2)14-25(21(26)13-23-10-12-27-3)16-19-8-6-11-24(19)15-18-7-4-5-9-20(18)22/h4-9,11,17,23H,10,12-16H2,1-3H3. The van der Waals surface area contributed by atoms with Gasteiger partial charge in [0, 0.05) is 43.7 Å². The molecule has 6 heteroatoms. The largest absolute Gasteiger partial charge is 0.383 e. The summed E-state index contributed by atoms with van der Waals surface area (Å²) < 4.78 is 7.17. The quantitative estimate of drug-likeness (QED) is 0.597. The lowest BCUT2D eigenvalue weighted by Gasteiger charge is -2.26. The van der Waals surface area contributed by atoms with E-state index in [1.807, 2.05) is 41.4 Å². The van der Waals surface area contributed by atoms with Crippen molar-refractivity contribution in [3.8, 4) is 0 Å². The number of nitrogens with zero attached hydrogens (tertiary/aromatic N) is 2. The molecule has 0 bridgehead atoms. The Hall–Kier alpha value is -1.82. The summed E-state index contributed by atoms with van der Waals surface area (Å²) in [5, 5.41) is 3.90. The molecule has 27 heavy (non-hydrogen) atoms. The fourth-order valence-corrected chi connectivity index (χ4v) is 3.13. The van der Waals surface area contributed by atoms with Crippen molar-refractivity contribution in [2.75, 3.05) is 33.4 Å². The molecule has 148 valence electrons.